The van der Waals surface area contributed by atoms with Crippen LogP contribution in [0.4, 0.5) is 5.82 Å². The molecule has 6 nitrogen and oxygen atoms in total. The molecule has 2 aromatic rings. The average Bonchev–Trinajstić information content (AvgIpc) is 2.81. The Morgan fingerprint density at radius 3 is 2.83 bits per heavy atom. The summed E-state index contributed by atoms with van der Waals surface area (Å²) >= 11 is 0. The number of aromatic nitrogens is 4. The highest BCUT2D eigenvalue weighted by Gasteiger charge is 2.17. The third-order valence-corrected chi connectivity index (χ3v) is 4.54. The smallest absolute Gasteiger partial charge is 0.132 e. The zero-order chi connectivity index (χ0) is 17.1. The Morgan fingerprint density at radius 2 is 2.04 bits per heavy atom. The molecule has 2 aromatic heterocycles. The molecule has 3 heterocycles. The van der Waals surface area contributed by atoms with Crippen LogP contribution in [-0.2, 0) is 19.6 Å². The van der Waals surface area contributed by atoms with Gasteiger partial charge in [-0.25, -0.2) is 9.97 Å². The van der Waals surface area contributed by atoms with E-state index in [0.29, 0.717) is 12.5 Å². The number of nitrogens with one attached hydrogen (secondary N) is 1. The van der Waals surface area contributed by atoms with Crippen LogP contribution in [0, 0.1) is 19.8 Å². The van der Waals surface area contributed by atoms with Crippen LogP contribution in [0.1, 0.15) is 42.9 Å². The molecule has 3 rings (SSSR count). The first-order valence-corrected chi connectivity index (χ1v) is 8.83. The summed E-state index contributed by atoms with van der Waals surface area (Å²) in [5, 5.41) is 8.17. The molecule has 0 saturated carbocycles. The fourth-order valence-electron chi connectivity index (χ4n) is 3.24. The van der Waals surface area contributed by atoms with Crippen molar-refractivity contribution in [3.8, 4) is 0 Å². The van der Waals surface area contributed by atoms with E-state index >= 15 is 0 Å². The summed E-state index contributed by atoms with van der Waals surface area (Å²) in [4.78, 5) is 11.1. The molecule has 0 radical (unpaired) electrons. The summed E-state index contributed by atoms with van der Waals surface area (Å²) in [7, 11) is 0. The molecule has 0 unspecified atom stereocenters. The number of nitrogens with zero attached hydrogens (tertiary/aromatic N) is 5. The van der Waals surface area contributed by atoms with E-state index in [1.807, 2.05) is 13.8 Å². The fraction of sp³-hybridized carbons (Fsp3) is 0.611. The Balaban J connectivity index is 1.67. The lowest BCUT2D eigenvalue weighted by atomic mass is 10.2. The molecule has 0 aliphatic carbocycles. The van der Waals surface area contributed by atoms with Crippen molar-refractivity contribution >= 4 is 5.82 Å². The van der Waals surface area contributed by atoms with Gasteiger partial charge >= 0.3 is 0 Å². The second-order valence-corrected chi connectivity index (χ2v) is 7.12. The van der Waals surface area contributed by atoms with Gasteiger partial charge in [0.25, 0.3) is 0 Å². The number of anilines is 1. The van der Waals surface area contributed by atoms with Crippen molar-refractivity contribution in [1.82, 2.24) is 24.6 Å². The van der Waals surface area contributed by atoms with Gasteiger partial charge < -0.3 is 5.32 Å². The minimum absolute atomic E-state index is 0.696. The number of aryl methyl sites for hydroxylation is 2. The standard InChI is InChI=1S/C18H28N6/c1-13(2)10-23-6-5-7-24-17(11-23)8-16(22-24)9-19-18-14(3)15(4)20-12-21-18/h8,12-13H,5-7,9-11H2,1-4H3,(H,19,20,21). The highest BCUT2D eigenvalue weighted by molar-refractivity contribution is 5.44. The van der Waals surface area contributed by atoms with Crippen LogP contribution in [0.2, 0.25) is 0 Å². The first-order valence-electron chi connectivity index (χ1n) is 8.83. The van der Waals surface area contributed by atoms with Gasteiger partial charge in [-0.3, -0.25) is 9.58 Å². The van der Waals surface area contributed by atoms with Crippen LogP contribution in [0.25, 0.3) is 0 Å². The van der Waals surface area contributed by atoms with E-state index in [-0.39, 0.29) is 0 Å². The van der Waals surface area contributed by atoms with Crippen molar-refractivity contribution in [3.63, 3.8) is 0 Å². The number of fused-ring (bicyclic) bond motifs is 1. The molecule has 0 amide bonds. The highest BCUT2D eigenvalue weighted by atomic mass is 15.3. The third kappa shape index (κ3) is 3.93. The zero-order valence-electron chi connectivity index (χ0n) is 15.2. The van der Waals surface area contributed by atoms with Crippen molar-refractivity contribution in [1.29, 1.82) is 0 Å². The van der Waals surface area contributed by atoms with Gasteiger partial charge in [0.15, 0.2) is 0 Å². The SMILES string of the molecule is Cc1ncnc(NCc2cc3n(n2)CCCN(CC(C)C)C3)c1C. The van der Waals surface area contributed by atoms with E-state index in [0.717, 1.165) is 48.9 Å². The molecule has 6 heteroatoms. The third-order valence-electron chi connectivity index (χ3n) is 4.54. The number of rotatable bonds is 5. The zero-order valence-corrected chi connectivity index (χ0v) is 15.2. The lowest BCUT2D eigenvalue weighted by Gasteiger charge is -2.21. The Labute approximate surface area is 144 Å². The summed E-state index contributed by atoms with van der Waals surface area (Å²) in [5.41, 5.74) is 4.51. The predicted molar refractivity (Wildman–Crippen MR) is 95.8 cm³/mol. The molecule has 0 atom stereocenters. The van der Waals surface area contributed by atoms with E-state index < -0.39 is 0 Å². The molecule has 0 bridgehead atoms. The van der Waals surface area contributed by atoms with Crippen LogP contribution in [0.5, 0.6) is 0 Å². The van der Waals surface area contributed by atoms with Gasteiger partial charge in [-0.2, -0.15) is 5.10 Å². The second-order valence-electron chi connectivity index (χ2n) is 7.12. The summed E-state index contributed by atoms with van der Waals surface area (Å²) in [5.74, 6) is 1.59. The normalized spacial score (nSPS) is 15.4. The van der Waals surface area contributed by atoms with Crippen LogP contribution < -0.4 is 5.32 Å². The summed E-state index contributed by atoms with van der Waals surface area (Å²) in [6.45, 7) is 13.6. The van der Waals surface area contributed by atoms with Crippen molar-refractivity contribution in [2.45, 2.75) is 53.8 Å². The van der Waals surface area contributed by atoms with Crippen LogP contribution in [0.15, 0.2) is 12.4 Å². The largest absolute Gasteiger partial charge is 0.364 e. The molecular weight excluding hydrogens is 300 g/mol. The molecule has 130 valence electrons. The highest BCUT2D eigenvalue weighted by Crippen LogP contribution is 2.17. The van der Waals surface area contributed by atoms with E-state index in [2.05, 4.69) is 44.8 Å². The number of hydrogen-bond acceptors (Lipinski definition) is 5. The molecule has 1 N–H and O–H groups in total. The Hall–Kier alpha value is -1.95. The van der Waals surface area contributed by atoms with E-state index in [1.54, 1.807) is 6.33 Å². The molecule has 0 aromatic carbocycles. The van der Waals surface area contributed by atoms with Gasteiger partial charge in [0.2, 0.25) is 0 Å². The minimum atomic E-state index is 0.696. The lowest BCUT2D eigenvalue weighted by Crippen LogP contribution is -2.27. The summed E-state index contributed by atoms with van der Waals surface area (Å²) in [6, 6.07) is 2.23. The van der Waals surface area contributed by atoms with Crippen molar-refractivity contribution in [2.75, 3.05) is 18.4 Å². The first kappa shape index (κ1) is 16.9. The number of hydrogen-bond donors (Lipinski definition) is 1. The molecule has 0 saturated heterocycles. The molecule has 1 aliphatic heterocycles. The molecule has 1 aliphatic rings. The predicted octanol–water partition coefficient (Wildman–Crippen LogP) is 2.76. The van der Waals surface area contributed by atoms with Crippen LogP contribution >= 0.6 is 0 Å². The maximum absolute atomic E-state index is 4.78. The molecular formula is C18H28N6. The molecule has 24 heavy (non-hydrogen) atoms. The fourth-order valence-corrected chi connectivity index (χ4v) is 3.24. The van der Waals surface area contributed by atoms with Gasteiger partial charge in [0.1, 0.15) is 12.1 Å². The maximum Gasteiger partial charge on any atom is 0.132 e. The quantitative estimate of drug-likeness (QED) is 0.914. The van der Waals surface area contributed by atoms with Gasteiger partial charge in [-0.05, 0) is 32.3 Å². The van der Waals surface area contributed by atoms with Gasteiger partial charge in [-0.1, -0.05) is 13.8 Å². The topological polar surface area (TPSA) is 58.9 Å². The Bertz CT molecular complexity index is 691. The second kappa shape index (κ2) is 7.30. The summed E-state index contributed by atoms with van der Waals surface area (Å²) in [6.07, 6.45) is 2.77. The summed E-state index contributed by atoms with van der Waals surface area (Å²) < 4.78 is 2.18. The monoisotopic (exact) mass is 328 g/mol. The lowest BCUT2D eigenvalue weighted by molar-refractivity contribution is 0.239. The van der Waals surface area contributed by atoms with Crippen molar-refractivity contribution in [2.24, 2.45) is 5.92 Å². The maximum atomic E-state index is 4.78. The van der Waals surface area contributed by atoms with Crippen molar-refractivity contribution in [3.05, 3.63) is 35.0 Å². The van der Waals surface area contributed by atoms with Gasteiger partial charge in [0.05, 0.1) is 17.9 Å². The average molecular weight is 328 g/mol. The molecule has 0 fully saturated rings. The Morgan fingerprint density at radius 1 is 1.21 bits per heavy atom. The van der Waals surface area contributed by atoms with E-state index in [1.165, 1.54) is 12.1 Å². The minimum Gasteiger partial charge on any atom is -0.364 e. The van der Waals surface area contributed by atoms with Crippen molar-refractivity contribution < 1.29 is 0 Å². The van der Waals surface area contributed by atoms with Crippen LogP contribution in [0.3, 0.4) is 0 Å². The van der Waals surface area contributed by atoms with Crippen LogP contribution in [-0.4, -0.2) is 37.7 Å². The van der Waals surface area contributed by atoms with Gasteiger partial charge in [0, 0.05) is 37.4 Å². The van der Waals surface area contributed by atoms with Gasteiger partial charge in [-0.15, -0.1) is 0 Å². The van der Waals surface area contributed by atoms with E-state index in [9.17, 15) is 0 Å². The molecule has 0 spiro atoms. The first-order chi connectivity index (χ1) is 11.5. The van der Waals surface area contributed by atoms with E-state index in [4.69, 9.17) is 5.10 Å². The Kier molecular flexibility index (Phi) is 5.14.